The van der Waals surface area contributed by atoms with Crippen molar-refractivity contribution in [3.63, 3.8) is 0 Å². The average molecular weight is 284 g/mol. The Bertz CT molecular complexity index is 722. The predicted octanol–water partition coefficient (Wildman–Crippen LogP) is 3.29. The second-order valence-electron chi connectivity index (χ2n) is 4.57. The Kier molecular flexibility index (Phi) is 3.71. The summed E-state index contributed by atoms with van der Waals surface area (Å²) in [4.78, 5) is 1.14. The number of fused-ring (bicyclic) bond motifs is 1. The van der Waals surface area contributed by atoms with Crippen LogP contribution in [0.3, 0.4) is 0 Å². The maximum Gasteiger partial charge on any atom is 0.200 e. The lowest BCUT2D eigenvalue weighted by Crippen LogP contribution is -2.09. The van der Waals surface area contributed by atoms with Gasteiger partial charge in [-0.3, -0.25) is 4.40 Å². The highest BCUT2D eigenvalue weighted by Gasteiger charge is 2.13. The largest absolute Gasteiger partial charge is 0.324 e. The van der Waals surface area contributed by atoms with E-state index in [-0.39, 0.29) is 6.04 Å². The summed E-state index contributed by atoms with van der Waals surface area (Å²) >= 11 is 1.60. The van der Waals surface area contributed by atoms with Crippen LogP contribution in [0.2, 0.25) is 0 Å². The van der Waals surface area contributed by atoms with Crippen LogP contribution in [-0.4, -0.2) is 14.6 Å². The van der Waals surface area contributed by atoms with E-state index in [1.807, 2.05) is 40.9 Å². The Morgan fingerprint density at radius 3 is 2.80 bits per heavy atom. The molecule has 1 atom stereocenters. The van der Waals surface area contributed by atoms with Crippen LogP contribution < -0.4 is 5.73 Å². The summed E-state index contributed by atoms with van der Waals surface area (Å²) in [6, 6.07) is 14.1. The fourth-order valence-electron chi connectivity index (χ4n) is 2.09. The van der Waals surface area contributed by atoms with E-state index >= 15 is 0 Å². The molecule has 0 saturated heterocycles. The Morgan fingerprint density at radius 2 is 1.95 bits per heavy atom. The molecule has 4 nitrogen and oxygen atoms in total. The molecular weight excluding hydrogens is 268 g/mol. The minimum atomic E-state index is 0.0536. The fourth-order valence-corrected chi connectivity index (χ4v) is 3.10. The van der Waals surface area contributed by atoms with E-state index in [4.69, 9.17) is 5.73 Å². The second-order valence-corrected chi connectivity index (χ2v) is 5.58. The Hall–Kier alpha value is -1.85. The third kappa shape index (κ3) is 2.42. The molecule has 0 aliphatic heterocycles. The zero-order valence-electron chi connectivity index (χ0n) is 11.2. The van der Waals surface area contributed by atoms with Crippen molar-refractivity contribution in [1.82, 2.24) is 14.6 Å². The number of pyridine rings is 1. The first-order valence-corrected chi connectivity index (χ1v) is 7.43. The quantitative estimate of drug-likeness (QED) is 0.798. The molecule has 20 heavy (non-hydrogen) atoms. The summed E-state index contributed by atoms with van der Waals surface area (Å²) in [7, 11) is 0. The molecule has 0 fully saturated rings. The fraction of sp³-hybridized carbons (Fsp3) is 0.200. The summed E-state index contributed by atoms with van der Waals surface area (Å²) in [5, 5.41) is 9.28. The van der Waals surface area contributed by atoms with Crippen molar-refractivity contribution in [2.24, 2.45) is 5.73 Å². The van der Waals surface area contributed by atoms with Gasteiger partial charge in [0.1, 0.15) is 0 Å². The molecule has 2 heterocycles. The van der Waals surface area contributed by atoms with Crippen molar-refractivity contribution in [1.29, 1.82) is 0 Å². The first-order valence-electron chi connectivity index (χ1n) is 6.61. The molecule has 0 saturated carbocycles. The molecule has 2 N–H and O–H groups in total. The van der Waals surface area contributed by atoms with Gasteiger partial charge in [-0.05, 0) is 41.9 Å². The van der Waals surface area contributed by atoms with Gasteiger partial charge in [0.25, 0.3) is 0 Å². The third-order valence-corrected chi connectivity index (χ3v) is 4.29. The van der Waals surface area contributed by atoms with Crippen molar-refractivity contribution in [2.75, 3.05) is 0 Å². The number of nitrogens with two attached hydrogens (primary N) is 1. The van der Waals surface area contributed by atoms with Gasteiger partial charge in [-0.1, -0.05) is 31.2 Å². The van der Waals surface area contributed by atoms with Gasteiger partial charge < -0.3 is 5.73 Å². The summed E-state index contributed by atoms with van der Waals surface area (Å²) in [6.07, 6.45) is 2.89. The second kappa shape index (κ2) is 5.64. The van der Waals surface area contributed by atoms with Crippen LogP contribution >= 0.6 is 11.8 Å². The maximum absolute atomic E-state index is 6.18. The molecule has 102 valence electrons. The van der Waals surface area contributed by atoms with Crippen molar-refractivity contribution in [2.45, 2.75) is 29.4 Å². The van der Waals surface area contributed by atoms with E-state index in [1.54, 1.807) is 11.8 Å². The van der Waals surface area contributed by atoms with E-state index in [0.29, 0.717) is 0 Å². The number of hydrogen-bond donors (Lipinski definition) is 1. The Balaban J connectivity index is 1.99. The van der Waals surface area contributed by atoms with Gasteiger partial charge in [-0.25, -0.2) is 0 Å². The molecule has 0 bridgehead atoms. The van der Waals surface area contributed by atoms with Gasteiger partial charge >= 0.3 is 0 Å². The van der Waals surface area contributed by atoms with E-state index in [2.05, 4.69) is 29.3 Å². The minimum Gasteiger partial charge on any atom is -0.324 e. The summed E-state index contributed by atoms with van der Waals surface area (Å²) in [6.45, 7) is 2.10. The topological polar surface area (TPSA) is 56.2 Å². The van der Waals surface area contributed by atoms with Crippen molar-refractivity contribution >= 4 is 17.4 Å². The molecule has 0 amide bonds. The van der Waals surface area contributed by atoms with Gasteiger partial charge in [-0.2, -0.15) is 0 Å². The SMILES string of the molecule is CC[C@H](N)c1ccccc1Sc1nnc2ccccn12. The predicted molar refractivity (Wildman–Crippen MR) is 80.8 cm³/mol. The minimum absolute atomic E-state index is 0.0536. The lowest BCUT2D eigenvalue weighted by atomic mass is 10.1. The molecule has 5 heteroatoms. The lowest BCUT2D eigenvalue weighted by molar-refractivity contribution is 0.685. The Labute approximate surface area is 122 Å². The van der Waals surface area contributed by atoms with E-state index in [0.717, 1.165) is 27.7 Å². The molecule has 3 aromatic rings. The zero-order chi connectivity index (χ0) is 13.9. The average Bonchev–Trinajstić information content (AvgIpc) is 2.90. The molecule has 0 aliphatic rings. The van der Waals surface area contributed by atoms with E-state index in [9.17, 15) is 0 Å². The van der Waals surface area contributed by atoms with Crippen LogP contribution in [0.4, 0.5) is 0 Å². The van der Waals surface area contributed by atoms with Crippen molar-refractivity contribution < 1.29 is 0 Å². The molecule has 1 aromatic carbocycles. The smallest absolute Gasteiger partial charge is 0.200 e. The van der Waals surface area contributed by atoms with Gasteiger partial charge in [0.05, 0.1) is 0 Å². The van der Waals surface area contributed by atoms with E-state index in [1.165, 1.54) is 0 Å². The number of rotatable bonds is 4. The maximum atomic E-state index is 6.18. The van der Waals surface area contributed by atoms with Crippen LogP contribution in [0.15, 0.2) is 58.7 Å². The van der Waals surface area contributed by atoms with Crippen molar-refractivity contribution in [3.8, 4) is 0 Å². The Morgan fingerprint density at radius 1 is 1.15 bits per heavy atom. The summed E-state index contributed by atoms with van der Waals surface area (Å²) in [5.74, 6) is 0. The van der Waals surface area contributed by atoms with Crippen LogP contribution in [0.1, 0.15) is 24.9 Å². The molecule has 3 rings (SSSR count). The summed E-state index contributed by atoms with van der Waals surface area (Å²) < 4.78 is 1.99. The normalized spacial score (nSPS) is 12.7. The molecule has 0 radical (unpaired) electrons. The molecule has 0 unspecified atom stereocenters. The van der Waals surface area contributed by atoms with Crippen LogP contribution in [0.5, 0.6) is 0 Å². The highest BCUT2D eigenvalue weighted by Crippen LogP contribution is 2.32. The lowest BCUT2D eigenvalue weighted by Gasteiger charge is -2.13. The van der Waals surface area contributed by atoms with Gasteiger partial charge in [0.15, 0.2) is 10.8 Å². The van der Waals surface area contributed by atoms with Gasteiger partial charge in [0, 0.05) is 17.1 Å². The third-order valence-electron chi connectivity index (χ3n) is 3.24. The molecule has 2 aromatic heterocycles. The zero-order valence-corrected chi connectivity index (χ0v) is 12.0. The van der Waals surface area contributed by atoms with Crippen LogP contribution in [0, 0.1) is 0 Å². The number of benzene rings is 1. The number of aromatic nitrogens is 3. The molecule has 0 aliphatic carbocycles. The first-order chi connectivity index (χ1) is 9.79. The van der Waals surface area contributed by atoms with Crippen LogP contribution in [0.25, 0.3) is 5.65 Å². The van der Waals surface area contributed by atoms with Gasteiger partial charge in [-0.15, -0.1) is 10.2 Å². The summed E-state index contributed by atoms with van der Waals surface area (Å²) in [5.41, 5.74) is 8.19. The molecule has 0 spiro atoms. The highest BCUT2D eigenvalue weighted by atomic mass is 32.2. The van der Waals surface area contributed by atoms with E-state index < -0.39 is 0 Å². The van der Waals surface area contributed by atoms with Crippen molar-refractivity contribution in [3.05, 3.63) is 54.2 Å². The van der Waals surface area contributed by atoms with Crippen LogP contribution in [-0.2, 0) is 0 Å². The molecular formula is C15H16N4S. The number of nitrogens with zero attached hydrogens (tertiary/aromatic N) is 3. The monoisotopic (exact) mass is 284 g/mol. The first kappa shape index (κ1) is 13.1. The number of hydrogen-bond acceptors (Lipinski definition) is 4. The van der Waals surface area contributed by atoms with Gasteiger partial charge in [0.2, 0.25) is 0 Å². The standard InChI is InChI=1S/C15H16N4S/c1-2-12(16)11-7-3-4-8-13(11)20-15-18-17-14-9-5-6-10-19(14)15/h3-10,12H,2,16H2,1H3/t12-/m0/s1. The highest BCUT2D eigenvalue weighted by molar-refractivity contribution is 7.99.